The molecule has 3 heterocycles. The summed E-state index contributed by atoms with van der Waals surface area (Å²) >= 11 is 0. The largest absolute Gasteiger partial charge is 0.340 e. The Hall–Kier alpha value is -1.63. The third-order valence-corrected chi connectivity index (χ3v) is 7.30. The van der Waals surface area contributed by atoms with Crippen LogP contribution in [0.2, 0.25) is 0 Å². The molecule has 1 unspecified atom stereocenters. The highest BCUT2D eigenvalue weighted by Crippen LogP contribution is 2.33. The number of carbonyl (C=O) groups excluding carboxylic acids is 3. The van der Waals surface area contributed by atoms with E-state index in [0.717, 1.165) is 64.7 Å². The topological polar surface area (TPSA) is 73.0 Å². The Labute approximate surface area is 174 Å². The fourth-order valence-electron chi connectivity index (χ4n) is 5.74. The van der Waals surface area contributed by atoms with E-state index in [9.17, 15) is 14.4 Å². The van der Waals surface area contributed by atoms with Crippen LogP contribution in [0.15, 0.2) is 0 Å². The predicted molar refractivity (Wildman–Crippen MR) is 110 cm³/mol. The van der Waals surface area contributed by atoms with Crippen LogP contribution in [0.1, 0.15) is 65.2 Å². The molecule has 3 saturated heterocycles. The van der Waals surface area contributed by atoms with Crippen LogP contribution in [0.5, 0.6) is 0 Å². The number of imide groups is 1. The van der Waals surface area contributed by atoms with Gasteiger partial charge < -0.3 is 15.1 Å². The Morgan fingerprint density at radius 1 is 1.07 bits per heavy atom. The van der Waals surface area contributed by atoms with E-state index in [1.54, 1.807) is 0 Å². The first kappa shape index (κ1) is 20.6. The van der Waals surface area contributed by atoms with E-state index in [1.807, 2.05) is 4.90 Å². The van der Waals surface area contributed by atoms with Gasteiger partial charge in [0.25, 0.3) is 5.91 Å². The Morgan fingerprint density at radius 3 is 2.41 bits per heavy atom. The van der Waals surface area contributed by atoms with Gasteiger partial charge in [-0.2, -0.15) is 0 Å². The summed E-state index contributed by atoms with van der Waals surface area (Å²) < 4.78 is 0. The molecule has 7 nitrogen and oxygen atoms in total. The molecule has 4 rings (SSSR count). The summed E-state index contributed by atoms with van der Waals surface area (Å²) in [7, 11) is 0. The van der Waals surface area contributed by atoms with Gasteiger partial charge in [-0.15, -0.1) is 0 Å². The minimum Gasteiger partial charge on any atom is -0.340 e. The van der Waals surface area contributed by atoms with Crippen molar-refractivity contribution in [3.63, 3.8) is 0 Å². The van der Waals surface area contributed by atoms with Gasteiger partial charge in [-0.05, 0) is 44.4 Å². The number of urea groups is 1. The van der Waals surface area contributed by atoms with Crippen LogP contribution in [0, 0.1) is 11.8 Å². The second-order valence-electron chi connectivity index (χ2n) is 9.94. The predicted octanol–water partition coefficient (Wildman–Crippen LogP) is 2.21. The standard InChI is InChI=1S/C22H36N4O3/c1-16(2)14-24-12-9-22(10-13-24)20(28)26(21(29)23-22)18-8-5-11-25(15-18)19(27)17-6-3-4-7-17/h16-18H,3-15H2,1-2H3,(H,23,29). The number of piperidine rings is 2. The lowest BCUT2D eigenvalue weighted by molar-refractivity contribution is -0.141. The first-order valence-electron chi connectivity index (χ1n) is 11.6. The number of nitrogens with one attached hydrogen (secondary N) is 1. The molecule has 162 valence electrons. The van der Waals surface area contributed by atoms with Gasteiger partial charge in [-0.3, -0.25) is 14.5 Å². The molecule has 0 aromatic rings. The van der Waals surface area contributed by atoms with Gasteiger partial charge in [-0.25, -0.2) is 4.79 Å². The number of amides is 4. The summed E-state index contributed by atoms with van der Waals surface area (Å²) in [5, 5.41) is 3.05. The van der Waals surface area contributed by atoms with E-state index in [0.29, 0.717) is 25.3 Å². The van der Waals surface area contributed by atoms with E-state index in [-0.39, 0.29) is 29.8 Å². The van der Waals surface area contributed by atoms with Crippen molar-refractivity contribution in [3.05, 3.63) is 0 Å². The second-order valence-corrected chi connectivity index (χ2v) is 9.94. The van der Waals surface area contributed by atoms with Crippen LogP contribution in [-0.4, -0.2) is 76.8 Å². The van der Waals surface area contributed by atoms with Crippen molar-refractivity contribution in [3.8, 4) is 0 Å². The zero-order valence-electron chi connectivity index (χ0n) is 18.0. The maximum Gasteiger partial charge on any atom is 0.325 e. The van der Waals surface area contributed by atoms with Gasteiger partial charge in [0, 0.05) is 38.6 Å². The zero-order chi connectivity index (χ0) is 20.6. The van der Waals surface area contributed by atoms with Crippen molar-refractivity contribution in [2.75, 3.05) is 32.7 Å². The summed E-state index contributed by atoms with van der Waals surface area (Å²) in [6, 6.07) is -0.442. The zero-order valence-corrected chi connectivity index (χ0v) is 18.0. The molecule has 1 spiro atoms. The molecule has 1 atom stereocenters. The molecule has 7 heteroatoms. The molecule has 1 aliphatic carbocycles. The highest BCUT2D eigenvalue weighted by atomic mass is 16.2. The average molecular weight is 405 g/mol. The molecule has 4 aliphatic rings. The first-order chi connectivity index (χ1) is 13.9. The number of carbonyl (C=O) groups is 3. The molecule has 29 heavy (non-hydrogen) atoms. The number of nitrogens with zero attached hydrogens (tertiary/aromatic N) is 3. The van der Waals surface area contributed by atoms with Crippen molar-refractivity contribution >= 4 is 17.8 Å². The number of hydrogen-bond donors (Lipinski definition) is 1. The van der Waals surface area contributed by atoms with E-state index < -0.39 is 5.54 Å². The molecule has 0 aromatic heterocycles. The van der Waals surface area contributed by atoms with Crippen molar-refractivity contribution in [2.45, 2.75) is 76.8 Å². The lowest BCUT2D eigenvalue weighted by Gasteiger charge is -2.39. The highest BCUT2D eigenvalue weighted by molar-refractivity contribution is 6.07. The Bertz CT molecular complexity index is 650. The highest BCUT2D eigenvalue weighted by Gasteiger charge is 2.54. The maximum absolute atomic E-state index is 13.4. The quantitative estimate of drug-likeness (QED) is 0.729. The monoisotopic (exact) mass is 404 g/mol. The third-order valence-electron chi connectivity index (χ3n) is 7.30. The number of likely N-dealkylation sites (tertiary alicyclic amines) is 2. The molecule has 3 aliphatic heterocycles. The normalized spacial score (nSPS) is 28.6. The molecule has 0 bridgehead atoms. The molecule has 4 fully saturated rings. The van der Waals surface area contributed by atoms with E-state index in [1.165, 1.54) is 4.90 Å². The number of hydrogen-bond acceptors (Lipinski definition) is 4. The Balaban J connectivity index is 1.40. The van der Waals surface area contributed by atoms with E-state index in [4.69, 9.17) is 0 Å². The van der Waals surface area contributed by atoms with Crippen LogP contribution < -0.4 is 5.32 Å². The third kappa shape index (κ3) is 4.03. The van der Waals surface area contributed by atoms with Crippen LogP contribution in [0.25, 0.3) is 0 Å². The van der Waals surface area contributed by atoms with E-state index in [2.05, 4.69) is 24.1 Å². The molecular formula is C22H36N4O3. The minimum absolute atomic E-state index is 0.0631. The Morgan fingerprint density at radius 2 is 1.76 bits per heavy atom. The molecule has 1 saturated carbocycles. The maximum atomic E-state index is 13.4. The second kappa shape index (κ2) is 8.25. The molecule has 1 N–H and O–H groups in total. The van der Waals surface area contributed by atoms with Crippen molar-refractivity contribution in [1.29, 1.82) is 0 Å². The number of rotatable bonds is 4. The first-order valence-corrected chi connectivity index (χ1v) is 11.6. The van der Waals surface area contributed by atoms with E-state index >= 15 is 0 Å². The van der Waals surface area contributed by atoms with Crippen LogP contribution >= 0.6 is 0 Å². The fourth-order valence-corrected chi connectivity index (χ4v) is 5.74. The van der Waals surface area contributed by atoms with Crippen LogP contribution in [-0.2, 0) is 9.59 Å². The van der Waals surface area contributed by atoms with Crippen molar-refractivity contribution < 1.29 is 14.4 Å². The summed E-state index contributed by atoms with van der Waals surface area (Å²) in [6.07, 6.45) is 7.25. The summed E-state index contributed by atoms with van der Waals surface area (Å²) in [4.78, 5) is 44.8. The SMILES string of the molecule is CC(C)CN1CCC2(CC1)NC(=O)N(C1CCCN(C(=O)C3CCCC3)C1)C2=O. The van der Waals surface area contributed by atoms with Crippen molar-refractivity contribution in [1.82, 2.24) is 20.0 Å². The lowest BCUT2D eigenvalue weighted by Crippen LogP contribution is -2.56. The summed E-state index contributed by atoms with van der Waals surface area (Å²) in [6.45, 7) is 8.38. The van der Waals surface area contributed by atoms with Gasteiger partial charge in [-0.1, -0.05) is 26.7 Å². The molecule has 4 amide bonds. The van der Waals surface area contributed by atoms with Gasteiger partial charge in [0.15, 0.2) is 0 Å². The van der Waals surface area contributed by atoms with Crippen LogP contribution in [0.3, 0.4) is 0 Å². The van der Waals surface area contributed by atoms with Gasteiger partial charge in [0.05, 0.1) is 6.04 Å². The fraction of sp³-hybridized carbons (Fsp3) is 0.864. The van der Waals surface area contributed by atoms with Crippen molar-refractivity contribution in [2.24, 2.45) is 11.8 Å². The Kier molecular flexibility index (Phi) is 5.87. The summed E-state index contributed by atoms with van der Waals surface area (Å²) in [5.41, 5.74) is -0.734. The van der Waals surface area contributed by atoms with Gasteiger partial charge in [0.1, 0.15) is 5.54 Å². The molecule has 0 radical (unpaired) electrons. The molecular weight excluding hydrogens is 368 g/mol. The van der Waals surface area contributed by atoms with Crippen LogP contribution in [0.4, 0.5) is 4.79 Å². The van der Waals surface area contributed by atoms with Gasteiger partial charge >= 0.3 is 6.03 Å². The van der Waals surface area contributed by atoms with Gasteiger partial charge in [0.2, 0.25) is 5.91 Å². The average Bonchev–Trinajstić information content (AvgIpc) is 3.31. The molecule has 0 aromatic carbocycles. The summed E-state index contributed by atoms with van der Waals surface area (Å²) in [5.74, 6) is 0.913. The minimum atomic E-state index is -0.734. The smallest absolute Gasteiger partial charge is 0.325 e. The lowest BCUT2D eigenvalue weighted by atomic mass is 9.86.